The van der Waals surface area contributed by atoms with Gasteiger partial charge in [0, 0.05) is 25.2 Å². The molecular formula is C17H24N2O. The van der Waals surface area contributed by atoms with Gasteiger partial charge in [-0.1, -0.05) is 31.7 Å². The molecule has 0 aliphatic carbocycles. The van der Waals surface area contributed by atoms with E-state index in [0.717, 1.165) is 50.0 Å². The van der Waals surface area contributed by atoms with E-state index in [0.29, 0.717) is 6.54 Å². The molecule has 0 spiro atoms. The minimum absolute atomic E-state index is 0.148. The molecule has 3 nitrogen and oxygen atoms in total. The molecule has 20 heavy (non-hydrogen) atoms. The Kier molecular flexibility index (Phi) is 5.36. The second-order valence-electron chi connectivity index (χ2n) is 5.41. The van der Waals surface area contributed by atoms with Gasteiger partial charge in [0.1, 0.15) is 0 Å². The van der Waals surface area contributed by atoms with Gasteiger partial charge in [0.2, 0.25) is 0 Å². The number of benzene rings is 1. The molecular weight excluding hydrogens is 248 g/mol. The minimum atomic E-state index is 0.148. The Labute approximate surface area is 121 Å². The molecule has 1 aromatic rings. The van der Waals surface area contributed by atoms with Crippen LogP contribution in [0.5, 0.6) is 0 Å². The predicted molar refractivity (Wildman–Crippen MR) is 83.0 cm³/mol. The van der Waals surface area contributed by atoms with Crippen LogP contribution in [-0.4, -0.2) is 37.0 Å². The first kappa shape index (κ1) is 14.8. The Balaban J connectivity index is 1.99. The van der Waals surface area contributed by atoms with Crippen molar-refractivity contribution in [1.82, 2.24) is 10.2 Å². The van der Waals surface area contributed by atoms with Gasteiger partial charge in [-0.15, -0.1) is 0 Å². The molecule has 0 saturated heterocycles. The van der Waals surface area contributed by atoms with Crippen molar-refractivity contribution in [1.29, 1.82) is 0 Å². The number of nitrogens with zero attached hydrogens (tertiary/aromatic N) is 1. The standard InChI is InChI=1S/C17H24N2O/c1-3-10-18-12-14(2)13-19-11-6-8-15-7-4-5-9-16(15)17(19)20/h4-5,7,9,18H,2-3,6,8,10-13H2,1H3. The second kappa shape index (κ2) is 7.25. The van der Waals surface area contributed by atoms with Gasteiger partial charge < -0.3 is 10.2 Å². The fraction of sp³-hybridized carbons (Fsp3) is 0.471. The molecule has 0 aromatic heterocycles. The van der Waals surface area contributed by atoms with Crippen LogP contribution in [0.3, 0.4) is 0 Å². The molecule has 2 rings (SSSR count). The average molecular weight is 272 g/mol. The van der Waals surface area contributed by atoms with E-state index in [1.165, 1.54) is 5.56 Å². The summed E-state index contributed by atoms with van der Waals surface area (Å²) in [7, 11) is 0. The first-order chi connectivity index (χ1) is 9.72. The SMILES string of the molecule is C=C(CNCCC)CN1CCCc2ccccc2C1=O. The van der Waals surface area contributed by atoms with Crippen LogP contribution in [0.4, 0.5) is 0 Å². The normalized spacial score (nSPS) is 14.8. The van der Waals surface area contributed by atoms with Gasteiger partial charge in [0.15, 0.2) is 0 Å². The van der Waals surface area contributed by atoms with Crippen molar-refractivity contribution in [3.63, 3.8) is 0 Å². The maximum absolute atomic E-state index is 12.6. The van der Waals surface area contributed by atoms with E-state index in [1.807, 2.05) is 23.1 Å². The van der Waals surface area contributed by atoms with E-state index in [9.17, 15) is 4.79 Å². The summed E-state index contributed by atoms with van der Waals surface area (Å²) < 4.78 is 0. The van der Waals surface area contributed by atoms with Crippen molar-refractivity contribution < 1.29 is 4.79 Å². The molecule has 1 N–H and O–H groups in total. The lowest BCUT2D eigenvalue weighted by molar-refractivity contribution is 0.0774. The molecule has 1 aliphatic heterocycles. The van der Waals surface area contributed by atoms with Crippen LogP contribution in [0.1, 0.15) is 35.7 Å². The van der Waals surface area contributed by atoms with Crippen molar-refractivity contribution >= 4 is 5.91 Å². The first-order valence-electron chi connectivity index (χ1n) is 7.47. The van der Waals surface area contributed by atoms with E-state index in [2.05, 4.69) is 24.9 Å². The largest absolute Gasteiger partial charge is 0.335 e. The van der Waals surface area contributed by atoms with Crippen LogP contribution in [0.25, 0.3) is 0 Å². The summed E-state index contributed by atoms with van der Waals surface area (Å²) in [4.78, 5) is 14.5. The van der Waals surface area contributed by atoms with Crippen LogP contribution in [0.15, 0.2) is 36.4 Å². The van der Waals surface area contributed by atoms with E-state index in [4.69, 9.17) is 0 Å². The number of hydrogen-bond acceptors (Lipinski definition) is 2. The van der Waals surface area contributed by atoms with Crippen LogP contribution < -0.4 is 5.32 Å². The number of carbonyl (C=O) groups excluding carboxylic acids is 1. The summed E-state index contributed by atoms with van der Waals surface area (Å²) in [5.74, 6) is 0.148. The van der Waals surface area contributed by atoms with E-state index in [-0.39, 0.29) is 5.91 Å². The van der Waals surface area contributed by atoms with Gasteiger partial charge in [-0.05, 0) is 43.0 Å². The van der Waals surface area contributed by atoms with E-state index in [1.54, 1.807) is 0 Å². The molecule has 108 valence electrons. The monoisotopic (exact) mass is 272 g/mol. The molecule has 1 heterocycles. The first-order valence-corrected chi connectivity index (χ1v) is 7.47. The quantitative estimate of drug-likeness (QED) is 0.638. The number of rotatable bonds is 6. The summed E-state index contributed by atoms with van der Waals surface area (Å²) in [6.45, 7) is 9.49. The van der Waals surface area contributed by atoms with Crippen LogP contribution in [0.2, 0.25) is 0 Å². The predicted octanol–water partition coefficient (Wildman–Crippen LogP) is 2.63. The molecule has 3 heteroatoms. The molecule has 0 radical (unpaired) electrons. The fourth-order valence-corrected chi connectivity index (χ4v) is 2.60. The Morgan fingerprint density at radius 1 is 1.40 bits per heavy atom. The third-order valence-electron chi connectivity index (χ3n) is 3.63. The Hall–Kier alpha value is -1.61. The van der Waals surface area contributed by atoms with Gasteiger partial charge in [-0.25, -0.2) is 0 Å². The summed E-state index contributed by atoms with van der Waals surface area (Å²) >= 11 is 0. The zero-order valence-electron chi connectivity index (χ0n) is 12.3. The molecule has 0 fully saturated rings. The summed E-state index contributed by atoms with van der Waals surface area (Å²) in [5.41, 5.74) is 3.11. The van der Waals surface area contributed by atoms with Crippen molar-refractivity contribution in [2.24, 2.45) is 0 Å². The lowest BCUT2D eigenvalue weighted by Gasteiger charge is -2.22. The minimum Gasteiger partial charge on any atom is -0.335 e. The molecule has 0 bridgehead atoms. The second-order valence-corrected chi connectivity index (χ2v) is 5.41. The van der Waals surface area contributed by atoms with Gasteiger partial charge in [0.05, 0.1) is 0 Å². The molecule has 0 saturated carbocycles. The lowest BCUT2D eigenvalue weighted by Crippen LogP contribution is -2.34. The maximum Gasteiger partial charge on any atom is 0.254 e. The van der Waals surface area contributed by atoms with Gasteiger partial charge in [-0.2, -0.15) is 0 Å². The maximum atomic E-state index is 12.6. The summed E-state index contributed by atoms with van der Waals surface area (Å²) in [6.07, 6.45) is 3.13. The highest BCUT2D eigenvalue weighted by atomic mass is 16.2. The smallest absolute Gasteiger partial charge is 0.254 e. The number of aryl methyl sites for hydroxylation is 1. The number of nitrogens with one attached hydrogen (secondary N) is 1. The molecule has 0 atom stereocenters. The van der Waals surface area contributed by atoms with Crippen LogP contribution in [-0.2, 0) is 6.42 Å². The molecule has 1 aromatic carbocycles. The third-order valence-corrected chi connectivity index (χ3v) is 3.63. The highest BCUT2D eigenvalue weighted by Gasteiger charge is 2.21. The van der Waals surface area contributed by atoms with Gasteiger partial charge in [0.25, 0.3) is 5.91 Å². The fourth-order valence-electron chi connectivity index (χ4n) is 2.60. The zero-order chi connectivity index (χ0) is 14.4. The van der Waals surface area contributed by atoms with E-state index < -0.39 is 0 Å². The Morgan fingerprint density at radius 2 is 2.20 bits per heavy atom. The zero-order valence-corrected chi connectivity index (χ0v) is 12.3. The number of hydrogen-bond donors (Lipinski definition) is 1. The summed E-state index contributed by atoms with van der Waals surface area (Å²) in [6, 6.07) is 7.95. The van der Waals surface area contributed by atoms with Crippen LogP contribution in [0, 0.1) is 0 Å². The van der Waals surface area contributed by atoms with E-state index >= 15 is 0 Å². The van der Waals surface area contributed by atoms with Crippen molar-refractivity contribution in [2.45, 2.75) is 26.2 Å². The average Bonchev–Trinajstić information content (AvgIpc) is 2.60. The van der Waals surface area contributed by atoms with Gasteiger partial charge in [-0.3, -0.25) is 4.79 Å². The van der Waals surface area contributed by atoms with Crippen molar-refractivity contribution in [2.75, 3.05) is 26.2 Å². The van der Waals surface area contributed by atoms with Crippen LogP contribution >= 0.6 is 0 Å². The Bertz CT molecular complexity index is 482. The van der Waals surface area contributed by atoms with Gasteiger partial charge >= 0.3 is 0 Å². The van der Waals surface area contributed by atoms with Crippen molar-refractivity contribution in [3.8, 4) is 0 Å². The van der Waals surface area contributed by atoms with Crippen molar-refractivity contribution in [3.05, 3.63) is 47.5 Å². The molecule has 0 unspecified atom stereocenters. The third kappa shape index (κ3) is 3.70. The molecule has 1 amide bonds. The Morgan fingerprint density at radius 3 is 3.00 bits per heavy atom. The highest BCUT2D eigenvalue weighted by molar-refractivity contribution is 5.96. The molecule has 1 aliphatic rings. The number of amides is 1. The number of carbonyl (C=O) groups is 1. The topological polar surface area (TPSA) is 32.3 Å². The number of fused-ring (bicyclic) bond motifs is 1. The lowest BCUT2D eigenvalue weighted by atomic mass is 10.0. The summed E-state index contributed by atoms with van der Waals surface area (Å²) in [5, 5.41) is 3.34. The highest BCUT2D eigenvalue weighted by Crippen LogP contribution is 2.18.